The first-order valence-corrected chi connectivity index (χ1v) is 7.05. The highest BCUT2D eigenvalue weighted by molar-refractivity contribution is 5.97. The van der Waals surface area contributed by atoms with Crippen LogP contribution in [-0.4, -0.2) is 12.9 Å². The quantitative estimate of drug-likeness (QED) is 0.731. The van der Waals surface area contributed by atoms with Crippen molar-refractivity contribution in [3.63, 3.8) is 0 Å². The molecule has 1 atom stereocenters. The van der Waals surface area contributed by atoms with Crippen molar-refractivity contribution in [3.05, 3.63) is 77.4 Å². The molecule has 2 heteroatoms. The second-order valence-electron chi connectivity index (χ2n) is 4.98. The van der Waals surface area contributed by atoms with Crippen LogP contribution in [0, 0.1) is 0 Å². The fourth-order valence-corrected chi connectivity index (χ4v) is 2.26. The van der Waals surface area contributed by atoms with Gasteiger partial charge in [-0.2, -0.15) is 0 Å². The summed E-state index contributed by atoms with van der Waals surface area (Å²) in [5.74, 6) is 0.0804. The summed E-state index contributed by atoms with van der Waals surface area (Å²) in [7, 11) is 1.68. The average molecular weight is 280 g/mol. The van der Waals surface area contributed by atoms with Crippen molar-refractivity contribution in [2.75, 3.05) is 7.11 Å². The summed E-state index contributed by atoms with van der Waals surface area (Å²) in [6.45, 7) is 1.60. The number of Topliss-reactive ketones (excluding diaryl/α,β-unsaturated/α-hetero) is 1. The Morgan fingerprint density at radius 2 is 1.62 bits per heavy atom. The lowest BCUT2D eigenvalue weighted by Gasteiger charge is -2.16. The van der Waals surface area contributed by atoms with E-state index in [0.29, 0.717) is 6.42 Å². The van der Waals surface area contributed by atoms with Gasteiger partial charge in [0.05, 0.1) is 6.10 Å². The largest absolute Gasteiger partial charge is 0.376 e. The van der Waals surface area contributed by atoms with E-state index in [2.05, 4.69) is 0 Å². The third-order valence-electron chi connectivity index (χ3n) is 3.45. The van der Waals surface area contributed by atoms with Gasteiger partial charge in [0.2, 0.25) is 0 Å². The molecule has 0 radical (unpaired) electrons. The van der Waals surface area contributed by atoms with Crippen LogP contribution in [0.25, 0.3) is 6.08 Å². The van der Waals surface area contributed by atoms with Gasteiger partial charge in [-0.3, -0.25) is 4.79 Å². The van der Waals surface area contributed by atoms with Crippen LogP contribution >= 0.6 is 0 Å². The number of carbonyl (C=O) groups excluding carboxylic acids is 1. The van der Waals surface area contributed by atoms with E-state index in [0.717, 1.165) is 16.7 Å². The number of hydrogen-bond donors (Lipinski definition) is 0. The zero-order chi connectivity index (χ0) is 15.1. The van der Waals surface area contributed by atoms with Gasteiger partial charge in [0.25, 0.3) is 0 Å². The minimum Gasteiger partial charge on any atom is -0.376 e. The van der Waals surface area contributed by atoms with Crippen molar-refractivity contribution in [1.82, 2.24) is 0 Å². The summed E-state index contributed by atoms with van der Waals surface area (Å²) in [5.41, 5.74) is 2.89. The van der Waals surface area contributed by atoms with Crippen LogP contribution < -0.4 is 0 Å². The van der Waals surface area contributed by atoms with Gasteiger partial charge in [-0.1, -0.05) is 60.7 Å². The molecule has 2 nitrogen and oxygen atoms in total. The van der Waals surface area contributed by atoms with Gasteiger partial charge in [-0.15, -0.1) is 0 Å². The van der Waals surface area contributed by atoms with Crippen LogP contribution in [0.2, 0.25) is 0 Å². The van der Waals surface area contributed by atoms with Crippen LogP contribution in [0.4, 0.5) is 0 Å². The zero-order valence-electron chi connectivity index (χ0n) is 12.5. The molecule has 0 heterocycles. The molecule has 21 heavy (non-hydrogen) atoms. The van der Waals surface area contributed by atoms with E-state index < -0.39 is 0 Å². The lowest BCUT2D eigenvalue weighted by Crippen LogP contribution is -2.07. The number of hydrogen-bond acceptors (Lipinski definition) is 2. The van der Waals surface area contributed by atoms with Gasteiger partial charge >= 0.3 is 0 Å². The summed E-state index contributed by atoms with van der Waals surface area (Å²) < 4.78 is 5.56. The Balaban J connectivity index is 2.23. The van der Waals surface area contributed by atoms with E-state index in [1.807, 2.05) is 66.7 Å². The highest BCUT2D eigenvalue weighted by Crippen LogP contribution is 2.25. The van der Waals surface area contributed by atoms with Crippen molar-refractivity contribution in [2.45, 2.75) is 19.4 Å². The normalized spacial score (nSPS) is 13.0. The smallest absolute Gasteiger partial charge is 0.155 e. The highest BCUT2D eigenvalue weighted by Gasteiger charge is 2.15. The van der Waals surface area contributed by atoms with Crippen LogP contribution in [0.3, 0.4) is 0 Å². The fourth-order valence-electron chi connectivity index (χ4n) is 2.26. The summed E-state index contributed by atoms with van der Waals surface area (Å²) in [6, 6.07) is 19.9. The number of methoxy groups -OCH3 is 1. The number of ether oxygens (including phenoxy) is 1. The van der Waals surface area contributed by atoms with Gasteiger partial charge in [0.1, 0.15) is 0 Å². The number of benzene rings is 2. The first-order chi connectivity index (χ1) is 10.2. The maximum Gasteiger partial charge on any atom is 0.155 e. The van der Waals surface area contributed by atoms with Gasteiger partial charge in [-0.25, -0.2) is 0 Å². The lowest BCUT2D eigenvalue weighted by atomic mass is 9.97. The summed E-state index contributed by atoms with van der Waals surface area (Å²) in [6.07, 6.45) is 2.41. The minimum absolute atomic E-state index is 0.0804. The number of rotatable bonds is 6. The maximum atomic E-state index is 11.9. The minimum atomic E-state index is -0.106. The Morgan fingerprint density at radius 3 is 2.14 bits per heavy atom. The Bertz CT molecular complexity index is 600. The molecule has 0 aliphatic heterocycles. The molecular weight excluding hydrogens is 260 g/mol. The van der Waals surface area contributed by atoms with Crippen LogP contribution in [0.5, 0.6) is 0 Å². The molecule has 0 bridgehead atoms. The van der Waals surface area contributed by atoms with Gasteiger partial charge < -0.3 is 4.74 Å². The molecule has 0 fully saturated rings. The average Bonchev–Trinajstić information content (AvgIpc) is 2.53. The van der Waals surface area contributed by atoms with E-state index in [9.17, 15) is 4.79 Å². The predicted octanol–water partition coefficient (Wildman–Crippen LogP) is 4.44. The molecule has 0 spiro atoms. The standard InChI is InChI=1S/C19H20O2/c1-15(20)18(13-16-9-5-3-6-10-16)14-19(21-2)17-11-7-4-8-12-17/h3-13,19H,14H2,1-2H3/b18-13+. The first kappa shape index (κ1) is 15.2. The molecule has 0 aliphatic carbocycles. The van der Waals surface area contributed by atoms with E-state index in [1.165, 1.54) is 0 Å². The molecule has 2 rings (SSSR count). The van der Waals surface area contributed by atoms with Crippen molar-refractivity contribution < 1.29 is 9.53 Å². The topological polar surface area (TPSA) is 26.3 Å². The van der Waals surface area contributed by atoms with Crippen molar-refractivity contribution in [2.24, 2.45) is 0 Å². The molecule has 0 aromatic heterocycles. The zero-order valence-corrected chi connectivity index (χ0v) is 12.5. The number of ketones is 1. The van der Waals surface area contributed by atoms with Gasteiger partial charge in [0, 0.05) is 13.5 Å². The molecular formula is C19H20O2. The third-order valence-corrected chi connectivity index (χ3v) is 3.45. The summed E-state index contributed by atoms with van der Waals surface area (Å²) in [4.78, 5) is 11.9. The maximum absolute atomic E-state index is 11.9. The lowest BCUT2D eigenvalue weighted by molar-refractivity contribution is -0.113. The van der Waals surface area contributed by atoms with Crippen LogP contribution in [0.1, 0.15) is 30.6 Å². The van der Waals surface area contributed by atoms with E-state index in [4.69, 9.17) is 4.74 Å². The molecule has 0 saturated carbocycles. The first-order valence-electron chi connectivity index (χ1n) is 7.05. The van der Waals surface area contributed by atoms with Gasteiger partial charge in [-0.05, 0) is 29.7 Å². The molecule has 0 N–H and O–H groups in total. The van der Waals surface area contributed by atoms with E-state index in [-0.39, 0.29) is 11.9 Å². The van der Waals surface area contributed by atoms with Crippen LogP contribution in [-0.2, 0) is 9.53 Å². The van der Waals surface area contributed by atoms with Crippen molar-refractivity contribution in [1.29, 1.82) is 0 Å². The molecule has 108 valence electrons. The predicted molar refractivity (Wildman–Crippen MR) is 85.9 cm³/mol. The highest BCUT2D eigenvalue weighted by atomic mass is 16.5. The fraction of sp³-hybridized carbons (Fsp3) is 0.211. The number of carbonyl (C=O) groups is 1. The monoisotopic (exact) mass is 280 g/mol. The Hall–Kier alpha value is -2.19. The molecule has 0 saturated heterocycles. The Morgan fingerprint density at radius 1 is 1.05 bits per heavy atom. The van der Waals surface area contributed by atoms with Crippen molar-refractivity contribution >= 4 is 11.9 Å². The van der Waals surface area contributed by atoms with E-state index in [1.54, 1.807) is 14.0 Å². The Labute approximate surface area is 126 Å². The second-order valence-corrected chi connectivity index (χ2v) is 4.98. The summed E-state index contributed by atoms with van der Waals surface area (Å²) in [5, 5.41) is 0. The molecule has 0 aliphatic rings. The van der Waals surface area contributed by atoms with E-state index >= 15 is 0 Å². The van der Waals surface area contributed by atoms with Crippen LogP contribution in [0.15, 0.2) is 66.2 Å². The Kier molecular flexibility index (Phi) is 5.47. The van der Waals surface area contributed by atoms with Crippen molar-refractivity contribution in [3.8, 4) is 0 Å². The molecule has 2 aromatic carbocycles. The van der Waals surface area contributed by atoms with Gasteiger partial charge in [0.15, 0.2) is 5.78 Å². The SMILES string of the molecule is COC(C/C(=C\c1ccccc1)C(C)=O)c1ccccc1. The molecule has 0 amide bonds. The third kappa shape index (κ3) is 4.40. The molecule has 1 unspecified atom stereocenters. The summed E-state index contributed by atoms with van der Waals surface area (Å²) >= 11 is 0. The molecule has 2 aromatic rings. The second kappa shape index (κ2) is 7.55.